The van der Waals surface area contributed by atoms with Gasteiger partial charge in [-0.25, -0.2) is 4.79 Å². The Labute approximate surface area is 250 Å². The minimum Gasteiger partial charge on any atom is -0.507 e. The molecule has 11 heteroatoms. The lowest BCUT2D eigenvalue weighted by Crippen LogP contribution is -2.53. The van der Waals surface area contributed by atoms with Gasteiger partial charge in [0.05, 0.1) is 33.5 Å². The molecule has 5 atom stereocenters. The number of phenolic OH excluding ortho intramolecular Hbond substituents is 1. The van der Waals surface area contributed by atoms with E-state index in [4.69, 9.17) is 9.73 Å². The van der Waals surface area contributed by atoms with Crippen LogP contribution in [0.15, 0.2) is 28.2 Å². The van der Waals surface area contributed by atoms with Crippen molar-refractivity contribution in [2.24, 2.45) is 15.4 Å². The average molecular weight is 608 g/mol. The molecule has 0 bridgehead atoms. The SMILES string of the molecule is CCCCCc1cccc(O)c1C1=N[C@@H]([C@H]2SC[C@@H]([C@@H](OC(C)=O)C(C)(C)C3=N[C@@](C)(C(=O)O)CS3)N2C)CS1. The molecule has 0 saturated carbocycles. The van der Waals surface area contributed by atoms with Crippen LogP contribution in [0.3, 0.4) is 0 Å². The van der Waals surface area contributed by atoms with Gasteiger partial charge in [-0.05, 0) is 38.4 Å². The van der Waals surface area contributed by atoms with Crippen LogP contribution in [0.2, 0.25) is 0 Å². The molecule has 3 aliphatic rings. The predicted molar refractivity (Wildman–Crippen MR) is 167 cm³/mol. The Kier molecular flexibility index (Phi) is 9.90. The zero-order chi connectivity index (χ0) is 29.2. The van der Waals surface area contributed by atoms with Gasteiger partial charge in [-0.2, -0.15) is 0 Å². The number of carbonyl (C=O) groups is 2. The zero-order valence-corrected chi connectivity index (χ0v) is 26.6. The summed E-state index contributed by atoms with van der Waals surface area (Å²) in [6, 6.07) is 5.68. The number of aryl methyl sites for hydroxylation is 1. The van der Waals surface area contributed by atoms with Crippen molar-refractivity contribution >= 4 is 57.3 Å². The van der Waals surface area contributed by atoms with Gasteiger partial charge in [0.25, 0.3) is 0 Å². The first-order chi connectivity index (χ1) is 18.9. The molecular weight excluding hydrogens is 567 g/mol. The molecule has 8 nitrogen and oxygen atoms in total. The lowest BCUT2D eigenvalue weighted by Gasteiger charge is -2.40. The molecule has 3 aliphatic heterocycles. The largest absolute Gasteiger partial charge is 0.507 e. The van der Waals surface area contributed by atoms with E-state index in [0.717, 1.165) is 53.4 Å². The first kappa shape index (κ1) is 31.3. The van der Waals surface area contributed by atoms with E-state index in [9.17, 15) is 19.8 Å². The third-order valence-corrected chi connectivity index (χ3v) is 12.2. The maximum atomic E-state index is 12.3. The van der Waals surface area contributed by atoms with Crippen molar-refractivity contribution in [1.82, 2.24) is 4.90 Å². The number of esters is 1. The summed E-state index contributed by atoms with van der Waals surface area (Å²) in [7, 11) is 2.06. The number of phenols is 1. The number of aliphatic carboxylic acids is 1. The van der Waals surface area contributed by atoms with Gasteiger partial charge in [-0.3, -0.25) is 19.7 Å². The normalized spacial score (nSPS) is 27.9. The Morgan fingerprint density at radius 3 is 2.65 bits per heavy atom. The number of carboxylic acids is 1. The molecule has 220 valence electrons. The molecule has 2 N–H and O–H groups in total. The summed E-state index contributed by atoms with van der Waals surface area (Å²) in [4.78, 5) is 36.1. The number of unbranched alkanes of at least 4 members (excludes halogenated alkanes) is 2. The van der Waals surface area contributed by atoms with E-state index in [0.29, 0.717) is 10.8 Å². The van der Waals surface area contributed by atoms with Crippen LogP contribution in [0, 0.1) is 5.41 Å². The Morgan fingerprint density at radius 2 is 2.00 bits per heavy atom. The molecule has 1 aromatic carbocycles. The third kappa shape index (κ3) is 6.37. The maximum Gasteiger partial charge on any atom is 0.332 e. The smallest absolute Gasteiger partial charge is 0.332 e. The summed E-state index contributed by atoms with van der Waals surface area (Å²) in [5.74, 6) is 0.890. The molecule has 0 aliphatic carbocycles. The summed E-state index contributed by atoms with van der Waals surface area (Å²) >= 11 is 4.94. The number of carbonyl (C=O) groups excluding carboxylic acids is 1. The summed E-state index contributed by atoms with van der Waals surface area (Å²) < 4.78 is 5.98. The first-order valence-electron chi connectivity index (χ1n) is 13.9. The van der Waals surface area contributed by atoms with Crippen LogP contribution < -0.4 is 0 Å². The molecule has 0 unspecified atom stereocenters. The molecule has 0 amide bonds. The predicted octanol–water partition coefficient (Wildman–Crippen LogP) is 5.31. The number of hydrogen-bond donors (Lipinski definition) is 2. The average Bonchev–Trinajstić information content (AvgIpc) is 3.62. The highest BCUT2D eigenvalue weighted by atomic mass is 32.2. The van der Waals surface area contributed by atoms with E-state index in [1.54, 1.807) is 24.8 Å². The van der Waals surface area contributed by atoms with Crippen LogP contribution in [0.25, 0.3) is 0 Å². The summed E-state index contributed by atoms with van der Waals surface area (Å²) in [5.41, 5.74) is 0.164. The van der Waals surface area contributed by atoms with E-state index < -0.39 is 23.0 Å². The van der Waals surface area contributed by atoms with Gasteiger partial charge in [-0.1, -0.05) is 45.7 Å². The first-order valence-corrected chi connectivity index (χ1v) is 16.9. The Hall–Kier alpha value is -1.69. The summed E-state index contributed by atoms with van der Waals surface area (Å²) in [5, 5.41) is 22.1. The molecular formula is C29H41N3O5S3. The van der Waals surface area contributed by atoms with Crippen molar-refractivity contribution in [2.45, 2.75) is 89.4 Å². The number of benzene rings is 1. The van der Waals surface area contributed by atoms with Gasteiger partial charge in [0.2, 0.25) is 0 Å². The molecule has 0 radical (unpaired) electrons. The molecule has 4 rings (SSSR count). The number of ether oxygens (including phenoxy) is 1. The van der Waals surface area contributed by atoms with Gasteiger partial charge in [0.1, 0.15) is 16.9 Å². The molecule has 1 fully saturated rings. The number of hydrogen-bond acceptors (Lipinski definition) is 10. The fraction of sp³-hybridized carbons (Fsp3) is 0.655. The molecule has 1 saturated heterocycles. The highest BCUT2D eigenvalue weighted by Gasteiger charge is 2.52. The van der Waals surface area contributed by atoms with E-state index in [2.05, 4.69) is 29.9 Å². The van der Waals surface area contributed by atoms with Crippen LogP contribution in [0.1, 0.15) is 65.0 Å². The van der Waals surface area contributed by atoms with Gasteiger partial charge in [0, 0.05) is 24.2 Å². The van der Waals surface area contributed by atoms with E-state index in [1.807, 2.05) is 31.7 Å². The number of aromatic hydroxyl groups is 1. The Morgan fingerprint density at radius 1 is 1.25 bits per heavy atom. The standard InChI is InChI=1S/C29H41N3O5S3/c1-7-8-9-11-18-12-10-13-21(34)22(18)24-30-19(14-38-24)25-32(6)20(15-39-25)23(37-17(2)33)28(3,4)26-31-29(5,16-40-26)27(35)36/h10,12-13,19-20,23,25,34H,7-9,11,14-16H2,1-6H3,(H,35,36)/t19-,20+,23-,25-,29-/m1/s1. The number of thioether (sulfide) groups is 3. The number of aliphatic imine (C=N–C) groups is 2. The Bertz CT molecular complexity index is 1190. The van der Waals surface area contributed by atoms with Crippen LogP contribution in [-0.4, -0.2) is 90.5 Å². The van der Waals surface area contributed by atoms with Crippen molar-refractivity contribution in [3.8, 4) is 5.75 Å². The fourth-order valence-corrected chi connectivity index (χ4v) is 9.76. The number of likely N-dealkylation sites (N-methyl/N-ethyl adjacent to an activating group) is 1. The maximum absolute atomic E-state index is 12.3. The van der Waals surface area contributed by atoms with Crippen molar-refractivity contribution in [3.05, 3.63) is 29.3 Å². The summed E-state index contributed by atoms with van der Waals surface area (Å²) in [6.07, 6.45) is 3.80. The minimum absolute atomic E-state index is 0.0256. The van der Waals surface area contributed by atoms with Crippen molar-refractivity contribution < 1.29 is 24.5 Å². The van der Waals surface area contributed by atoms with Crippen LogP contribution in [0.5, 0.6) is 5.75 Å². The van der Waals surface area contributed by atoms with Gasteiger partial charge >= 0.3 is 11.9 Å². The molecule has 40 heavy (non-hydrogen) atoms. The monoisotopic (exact) mass is 607 g/mol. The van der Waals surface area contributed by atoms with E-state index in [1.165, 1.54) is 18.7 Å². The second-order valence-electron chi connectivity index (χ2n) is 11.6. The molecule has 0 aromatic heterocycles. The lowest BCUT2D eigenvalue weighted by atomic mass is 9.82. The zero-order valence-electron chi connectivity index (χ0n) is 24.2. The van der Waals surface area contributed by atoms with Crippen molar-refractivity contribution in [3.63, 3.8) is 0 Å². The number of nitrogens with zero attached hydrogens (tertiary/aromatic N) is 3. The van der Waals surface area contributed by atoms with E-state index in [-0.39, 0.29) is 29.2 Å². The second kappa shape index (κ2) is 12.7. The van der Waals surface area contributed by atoms with Crippen LogP contribution in [0.4, 0.5) is 0 Å². The van der Waals surface area contributed by atoms with E-state index >= 15 is 0 Å². The quantitative estimate of drug-likeness (QED) is 0.255. The lowest BCUT2D eigenvalue weighted by molar-refractivity contribution is -0.154. The number of carboxylic acid groups (broad SMARTS) is 1. The highest BCUT2D eigenvalue weighted by molar-refractivity contribution is 8.15. The second-order valence-corrected chi connectivity index (χ2v) is 14.7. The molecule has 1 aromatic rings. The third-order valence-electron chi connectivity index (χ3n) is 7.96. The fourth-order valence-electron chi connectivity index (χ4n) is 5.53. The van der Waals surface area contributed by atoms with Gasteiger partial charge in [0.15, 0.2) is 5.54 Å². The molecule has 0 spiro atoms. The van der Waals surface area contributed by atoms with Crippen molar-refractivity contribution in [1.29, 1.82) is 0 Å². The Balaban J connectivity index is 1.56. The van der Waals surface area contributed by atoms with Crippen LogP contribution in [-0.2, 0) is 20.7 Å². The van der Waals surface area contributed by atoms with Crippen LogP contribution >= 0.6 is 35.3 Å². The van der Waals surface area contributed by atoms with Crippen molar-refractivity contribution in [2.75, 3.05) is 24.3 Å². The number of rotatable bonds is 11. The minimum atomic E-state index is -1.18. The van der Waals surface area contributed by atoms with Gasteiger partial charge < -0.3 is 14.9 Å². The summed E-state index contributed by atoms with van der Waals surface area (Å²) in [6.45, 7) is 9.22. The van der Waals surface area contributed by atoms with Gasteiger partial charge in [-0.15, -0.1) is 35.3 Å². The topological polar surface area (TPSA) is 112 Å². The molecule has 3 heterocycles. The highest BCUT2D eigenvalue weighted by Crippen LogP contribution is 2.45.